The van der Waals surface area contributed by atoms with Gasteiger partial charge in [0, 0.05) is 11.1 Å². The van der Waals surface area contributed by atoms with Crippen molar-refractivity contribution in [3.63, 3.8) is 0 Å². The highest BCUT2D eigenvalue weighted by Gasteiger charge is 2.36. The number of hydrogen-bond acceptors (Lipinski definition) is 5. The fourth-order valence-electron chi connectivity index (χ4n) is 3.60. The number of aromatic nitrogens is 2. The van der Waals surface area contributed by atoms with Crippen molar-refractivity contribution < 1.29 is 45.4 Å². The number of nitrogens with zero attached hydrogens (tertiary/aromatic N) is 2. The molecule has 1 aromatic heterocycles. The van der Waals surface area contributed by atoms with Crippen molar-refractivity contribution in [2.45, 2.75) is 19.1 Å². The fourth-order valence-corrected chi connectivity index (χ4v) is 3.60. The van der Waals surface area contributed by atoms with Gasteiger partial charge in [0.1, 0.15) is 11.3 Å². The van der Waals surface area contributed by atoms with E-state index < -0.39 is 59.0 Å². The molecule has 0 bridgehead atoms. The lowest BCUT2D eigenvalue weighted by Gasteiger charge is -2.15. The number of aromatic hydroxyl groups is 1. The Labute approximate surface area is 207 Å². The number of nitrogens with one attached hydrogen (secondary N) is 1. The number of phenolic OH excluding ortho intramolecular Hbond substituents is 1. The molecule has 2 N–H and O–H groups in total. The van der Waals surface area contributed by atoms with E-state index in [9.17, 15) is 45.4 Å². The highest BCUT2D eigenvalue weighted by atomic mass is 19.4. The van der Waals surface area contributed by atoms with Gasteiger partial charge in [0.05, 0.1) is 29.5 Å². The average molecular weight is 541 g/mol. The van der Waals surface area contributed by atoms with Crippen LogP contribution in [0.3, 0.4) is 0 Å². The molecule has 4 aromatic rings. The Hall–Kier alpha value is -4.62. The number of carbonyl (C=O) groups excluding carboxylic acids is 1. The zero-order chi connectivity index (χ0) is 27.8. The fraction of sp³-hybridized carbons (Fsp3) is 0.125. The van der Waals surface area contributed by atoms with Gasteiger partial charge in [0.2, 0.25) is 0 Å². The summed E-state index contributed by atoms with van der Waals surface area (Å²) < 4.78 is 96.5. The molecular formula is C24H14F7N3O4. The van der Waals surface area contributed by atoms with Crippen LogP contribution in [0.4, 0.5) is 36.4 Å². The van der Waals surface area contributed by atoms with Crippen LogP contribution in [0.15, 0.2) is 65.7 Å². The third-order valence-corrected chi connectivity index (χ3v) is 5.27. The Morgan fingerprint density at radius 3 is 2.42 bits per heavy atom. The SMILES string of the molecule is O=C(Nc1cccc2ncn(Cc3ccccc3OC(F)(F)F)c(=O)c12)c1cc(F)c(O)c(C(F)(F)F)c1. The standard InChI is InChI=1S/C24H14F7N3O4/c25-15-9-13(8-14(20(15)35)23(26,27)28)21(36)33-17-6-3-5-16-19(17)22(37)34(11-32-16)10-12-4-1-2-7-18(12)38-24(29,30)31/h1-9,11,35H,10H2,(H,33,36). The van der Waals surface area contributed by atoms with Gasteiger partial charge in [-0.3, -0.25) is 14.2 Å². The topological polar surface area (TPSA) is 93.5 Å². The van der Waals surface area contributed by atoms with Gasteiger partial charge in [-0.2, -0.15) is 13.2 Å². The molecular weight excluding hydrogens is 527 g/mol. The van der Waals surface area contributed by atoms with Crippen LogP contribution in [0.2, 0.25) is 0 Å². The molecule has 0 atom stereocenters. The van der Waals surface area contributed by atoms with Gasteiger partial charge in [0.15, 0.2) is 11.6 Å². The Bertz CT molecular complexity index is 1600. The molecule has 198 valence electrons. The van der Waals surface area contributed by atoms with Crippen molar-refractivity contribution in [3.8, 4) is 11.5 Å². The molecule has 0 aliphatic heterocycles. The smallest absolute Gasteiger partial charge is 0.504 e. The van der Waals surface area contributed by atoms with E-state index in [0.29, 0.717) is 6.07 Å². The molecule has 0 fully saturated rings. The number of amides is 1. The predicted molar refractivity (Wildman–Crippen MR) is 119 cm³/mol. The number of fused-ring (bicyclic) bond motifs is 1. The number of hydrogen-bond donors (Lipinski definition) is 2. The second-order valence-corrected chi connectivity index (χ2v) is 7.84. The molecule has 0 aliphatic carbocycles. The molecule has 4 rings (SSSR count). The highest BCUT2D eigenvalue weighted by molar-refractivity contribution is 6.08. The van der Waals surface area contributed by atoms with Crippen molar-refractivity contribution in [1.29, 1.82) is 0 Å². The van der Waals surface area contributed by atoms with Gasteiger partial charge in [-0.15, -0.1) is 13.2 Å². The first kappa shape index (κ1) is 26.4. The number of benzene rings is 3. The predicted octanol–water partition coefficient (Wildman–Crippen LogP) is 5.46. The van der Waals surface area contributed by atoms with Gasteiger partial charge in [0.25, 0.3) is 11.5 Å². The van der Waals surface area contributed by atoms with E-state index >= 15 is 0 Å². The highest BCUT2D eigenvalue weighted by Crippen LogP contribution is 2.38. The summed E-state index contributed by atoms with van der Waals surface area (Å²) in [4.78, 5) is 30.0. The molecule has 1 amide bonds. The minimum atomic E-state index is -5.16. The molecule has 0 aliphatic rings. The van der Waals surface area contributed by atoms with Crippen LogP contribution < -0.4 is 15.6 Å². The van der Waals surface area contributed by atoms with E-state index in [2.05, 4.69) is 15.0 Å². The van der Waals surface area contributed by atoms with Crippen LogP contribution >= 0.6 is 0 Å². The summed E-state index contributed by atoms with van der Waals surface area (Å²) in [6, 6.07) is 9.70. The number of carbonyl (C=O) groups is 1. The monoisotopic (exact) mass is 541 g/mol. The molecule has 14 heteroatoms. The lowest BCUT2D eigenvalue weighted by Crippen LogP contribution is -2.24. The lowest BCUT2D eigenvalue weighted by atomic mass is 10.1. The Morgan fingerprint density at radius 2 is 1.74 bits per heavy atom. The molecule has 0 saturated carbocycles. The van der Waals surface area contributed by atoms with E-state index in [1.165, 1.54) is 36.4 Å². The Morgan fingerprint density at radius 1 is 1.03 bits per heavy atom. The lowest BCUT2D eigenvalue weighted by molar-refractivity contribution is -0.274. The number of para-hydroxylation sites is 1. The van der Waals surface area contributed by atoms with Crippen LogP contribution in [0.1, 0.15) is 21.5 Å². The van der Waals surface area contributed by atoms with E-state index in [4.69, 9.17) is 0 Å². The second kappa shape index (κ2) is 9.68. The molecule has 0 unspecified atom stereocenters. The van der Waals surface area contributed by atoms with E-state index in [0.717, 1.165) is 17.0 Å². The molecule has 38 heavy (non-hydrogen) atoms. The minimum Gasteiger partial charge on any atom is -0.504 e. The van der Waals surface area contributed by atoms with Crippen molar-refractivity contribution in [2.24, 2.45) is 0 Å². The van der Waals surface area contributed by atoms with Crippen molar-refractivity contribution in [2.75, 3.05) is 5.32 Å². The minimum absolute atomic E-state index is 0.0196. The summed E-state index contributed by atoms with van der Waals surface area (Å²) in [6.45, 7) is -0.408. The molecule has 0 radical (unpaired) electrons. The molecule has 0 spiro atoms. The van der Waals surface area contributed by atoms with Crippen molar-refractivity contribution in [3.05, 3.63) is 93.8 Å². The number of anilines is 1. The molecule has 7 nitrogen and oxygen atoms in total. The van der Waals surface area contributed by atoms with E-state index in [-0.39, 0.29) is 28.2 Å². The number of phenols is 1. The summed E-state index contributed by atoms with van der Waals surface area (Å²) in [7, 11) is 0. The van der Waals surface area contributed by atoms with Crippen LogP contribution in [0, 0.1) is 5.82 Å². The van der Waals surface area contributed by atoms with Crippen molar-refractivity contribution in [1.82, 2.24) is 9.55 Å². The first-order chi connectivity index (χ1) is 17.7. The third kappa shape index (κ3) is 5.53. The molecule has 0 saturated heterocycles. The van der Waals surface area contributed by atoms with Crippen LogP contribution in [0.25, 0.3) is 10.9 Å². The maximum atomic E-state index is 13.9. The Kier molecular flexibility index (Phi) is 6.74. The molecule has 1 heterocycles. The van der Waals surface area contributed by atoms with Crippen LogP contribution in [0.5, 0.6) is 11.5 Å². The number of rotatable bonds is 5. The quantitative estimate of drug-likeness (QED) is 0.328. The summed E-state index contributed by atoms with van der Waals surface area (Å²) >= 11 is 0. The zero-order valence-electron chi connectivity index (χ0n) is 18.7. The van der Waals surface area contributed by atoms with E-state index in [1.54, 1.807) is 0 Å². The number of ether oxygens (including phenoxy) is 1. The van der Waals surface area contributed by atoms with Gasteiger partial charge in [-0.25, -0.2) is 9.37 Å². The first-order valence-corrected chi connectivity index (χ1v) is 10.5. The summed E-state index contributed by atoms with van der Waals surface area (Å²) in [6.07, 6.45) is -9.09. The summed E-state index contributed by atoms with van der Waals surface area (Å²) in [5.74, 6) is -5.16. The summed E-state index contributed by atoms with van der Waals surface area (Å²) in [5.41, 5.74) is -3.55. The first-order valence-electron chi connectivity index (χ1n) is 10.5. The maximum absolute atomic E-state index is 13.9. The largest absolute Gasteiger partial charge is 0.573 e. The summed E-state index contributed by atoms with van der Waals surface area (Å²) in [5, 5.41) is 11.4. The van der Waals surface area contributed by atoms with Gasteiger partial charge in [-0.1, -0.05) is 24.3 Å². The third-order valence-electron chi connectivity index (χ3n) is 5.27. The van der Waals surface area contributed by atoms with Gasteiger partial charge < -0.3 is 15.2 Å². The number of halogens is 7. The normalized spacial score (nSPS) is 12.0. The van der Waals surface area contributed by atoms with Crippen molar-refractivity contribution >= 4 is 22.5 Å². The molecule has 3 aromatic carbocycles. The van der Waals surface area contributed by atoms with Crippen LogP contribution in [-0.4, -0.2) is 26.9 Å². The van der Waals surface area contributed by atoms with Gasteiger partial charge in [-0.05, 0) is 30.3 Å². The second-order valence-electron chi connectivity index (χ2n) is 7.84. The Balaban J connectivity index is 1.72. The van der Waals surface area contributed by atoms with Gasteiger partial charge >= 0.3 is 12.5 Å². The van der Waals surface area contributed by atoms with E-state index in [1.807, 2.05) is 0 Å². The number of alkyl halides is 6. The average Bonchev–Trinajstić information content (AvgIpc) is 2.82. The zero-order valence-corrected chi connectivity index (χ0v) is 18.7. The maximum Gasteiger partial charge on any atom is 0.573 e. The van der Waals surface area contributed by atoms with Crippen LogP contribution in [-0.2, 0) is 12.7 Å².